The fourth-order valence-corrected chi connectivity index (χ4v) is 3.95. The third kappa shape index (κ3) is 8.27. The van der Waals surface area contributed by atoms with E-state index in [1.807, 2.05) is 30.3 Å². The second-order valence-corrected chi connectivity index (χ2v) is 8.36. The zero-order valence-electron chi connectivity index (χ0n) is 19.9. The van der Waals surface area contributed by atoms with E-state index < -0.39 is 0 Å². The number of methoxy groups -OCH3 is 1. The Kier molecular flexibility index (Phi) is 10.5. The van der Waals surface area contributed by atoms with Gasteiger partial charge in [0.15, 0.2) is 5.78 Å². The molecule has 0 atom stereocenters. The molecular weight excluding hydrogens is 428 g/mol. The maximum Gasteiger partial charge on any atom is 0.310 e. The Bertz CT molecular complexity index is 1070. The largest absolute Gasteiger partial charge is 0.463 e. The predicted molar refractivity (Wildman–Crippen MR) is 134 cm³/mol. The van der Waals surface area contributed by atoms with Gasteiger partial charge in [0.2, 0.25) is 0 Å². The third-order valence-electron chi connectivity index (χ3n) is 5.72. The molecule has 0 aliphatic carbocycles. The number of benzene rings is 1. The lowest BCUT2D eigenvalue weighted by Gasteiger charge is -2.05. The van der Waals surface area contributed by atoms with E-state index in [1.165, 1.54) is 0 Å². The average molecular weight is 463 g/mol. The van der Waals surface area contributed by atoms with Gasteiger partial charge in [0.05, 0.1) is 13.0 Å². The molecule has 1 aromatic carbocycles. The van der Waals surface area contributed by atoms with Crippen LogP contribution in [0.3, 0.4) is 0 Å². The number of allylic oxidation sites excluding steroid dienone is 1. The number of hydrogen-bond donors (Lipinski definition) is 0. The van der Waals surface area contributed by atoms with Crippen LogP contribution >= 0.6 is 0 Å². The molecule has 0 unspecified atom stereocenters. The van der Waals surface area contributed by atoms with Crippen LogP contribution in [0.5, 0.6) is 0 Å². The van der Waals surface area contributed by atoms with Gasteiger partial charge in [0, 0.05) is 49.6 Å². The summed E-state index contributed by atoms with van der Waals surface area (Å²) in [5, 5.41) is 1.10. The summed E-state index contributed by atoms with van der Waals surface area (Å²) in [6, 6.07) is 12.0. The second kappa shape index (κ2) is 14.1. The molecule has 0 aliphatic rings. The van der Waals surface area contributed by atoms with E-state index in [0.29, 0.717) is 13.0 Å². The van der Waals surface area contributed by atoms with Crippen LogP contribution in [0.15, 0.2) is 61.1 Å². The van der Waals surface area contributed by atoms with Gasteiger partial charge in [-0.1, -0.05) is 43.5 Å². The van der Waals surface area contributed by atoms with Gasteiger partial charge in [-0.15, -0.1) is 0 Å². The minimum absolute atomic E-state index is 0.163. The van der Waals surface area contributed by atoms with Crippen molar-refractivity contribution >= 4 is 28.7 Å². The smallest absolute Gasteiger partial charge is 0.310 e. The molecule has 3 aromatic rings. The lowest BCUT2D eigenvalue weighted by atomic mass is 10.1. The van der Waals surface area contributed by atoms with Crippen molar-refractivity contribution in [3.8, 4) is 0 Å². The van der Waals surface area contributed by atoms with Gasteiger partial charge in [0.1, 0.15) is 6.61 Å². The number of carbonyl (C=O) groups is 2. The van der Waals surface area contributed by atoms with E-state index in [-0.39, 0.29) is 24.8 Å². The van der Waals surface area contributed by atoms with Gasteiger partial charge < -0.3 is 14.0 Å². The lowest BCUT2D eigenvalue weighted by molar-refractivity contribution is -0.144. The summed E-state index contributed by atoms with van der Waals surface area (Å²) in [5.74, 6) is -0.0688. The zero-order valence-corrected chi connectivity index (χ0v) is 19.9. The molecule has 2 heterocycles. The highest BCUT2D eigenvalue weighted by Crippen LogP contribution is 2.23. The van der Waals surface area contributed by atoms with Crippen LogP contribution in [0.1, 0.15) is 49.7 Å². The molecule has 0 N–H and O–H groups in total. The van der Waals surface area contributed by atoms with Crippen LogP contribution in [-0.4, -0.2) is 41.6 Å². The van der Waals surface area contributed by atoms with Crippen molar-refractivity contribution in [1.29, 1.82) is 0 Å². The number of para-hydroxylation sites is 1. The highest BCUT2D eigenvalue weighted by molar-refractivity contribution is 5.93. The molecule has 0 bridgehead atoms. The van der Waals surface area contributed by atoms with Crippen molar-refractivity contribution in [1.82, 2.24) is 9.55 Å². The van der Waals surface area contributed by atoms with Crippen LogP contribution in [0.2, 0.25) is 0 Å². The number of ketones is 1. The van der Waals surface area contributed by atoms with Gasteiger partial charge >= 0.3 is 5.97 Å². The fourth-order valence-electron chi connectivity index (χ4n) is 3.95. The Morgan fingerprint density at radius 2 is 1.82 bits per heavy atom. The molecule has 0 spiro atoms. The highest BCUT2D eigenvalue weighted by atomic mass is 16.6. The monoisotopic (exact) mass is 462 g/mol. The third-order valence-corrected chi connectivity index (χ3v) is 5.72. The van der Waals surface area contributed by atoms with E-state index in [9.17, 15) is 9.59 Å². The molecule has 0 fully saturated rings. The first kappa shape index (κ1) is 25.4. The fraction of sp³-hybridized carbons (Fsp3) is 0.393. The molecule has 180 valence electrons. The van der Waals surface area contributed by atoms with Crippen molar-refractivity contribution in [2.75, 3.05) is 20.3 Å². The van der Waals surface area contributed by atoms with E-state index in [0.717, 1.165) is 60.7 Å². The predicted octanol–water partition coefficient (Wildman–Crippen LogP) is 5.39. The lowest BCUT2D eigenvalue weighted by Crippen LogP contribution is -2.11. The zero-order chi connectivity index (χ0) is 24.0. The van der Waals surface area contributed by atoms with Crippen LogP contribution in [0.25, 0.3) is 17.0 Å². The molecule has 6 heteroatoms. The van der Waals surface area contributed by atoms with Crippen molar-refractivity contribution in [3.63, 3.8) is 0 Å². The number of esters is 1. The highest BCUT2D eigenvalue weighted by Gasteiger charge is 2.12. The molecular formula is C28H34N2O4. The topological polar surface area (TPSA) is 70.4 Å². The van der Waals surface area contributed by atoms with Crippen LogP contribution in [0.4, 0.5) is 0 Å². The first-order valence-corrected chi connectivity index (χ1v) is 12.0. The van der Waals surface area contributed by atoms with Gasteiger partial charge in [-0.3, -0.25) is 14.6 Å². The molecule has 34 heavy (non-hydrogen) atoms. The number of pyridine rings is 1. The summed E-state index contributed by atoms with van der Waals surface area (Å²) in [6.07, 6.45) is 15.1. The Balaban J connectivity index is 1.38. The van der Waals surface area contributed by atoms with Crippen LogP contribution in [-0.2, 0) is 32.0 Å². The second-order valence-electron chi connectivity index (χ2n) is 8.36. The first-order chi connectivity index (χ1) is 16.7. The Morgan fingerprint density at radius 1 is 1.00 bits per heavy atom. The molecule has 0 aliphatic heterocycles. The molecule has 6 nitrogen and oxygen atoms in total. The Hall–Kier alpha value is -3.25. The standard InChI is InChI=1S/C28H34N2O4/c1-33-18-19-34-28(32)20-24-22-30(27-13-7-6-12-26(24)27)17-8-4-2-3-5-11-25(31)15-14-23-10-9-16-29-21-23/h6-7,9-10,12-16,21-22H,2-5,8,11,17-20H2,1H3/b15-14+. The van der Waals surface area contributed by atoms with E-state index >= 15 is 0 Å². The van der Waals surface area contributed by atoms with Crippen LogP contribution < -0.4 is 0 Å². The number of ether oxygens (including phenoxy) is 2. The molecule has 0 saturated heterocycles. The number of aromatic nitrogens is 2. The van der Waals surface area contributed by atoms with E-state index in [4.69, 9.17) is 9.47 Å². The Labute approximate surface area is 201 Å². The van der Waals surface area contributed by atoms with E-state index in [1.54, 1.807) is 25.6 Å². The van der Waals surface area contributed by atoms with Crippen LogP contribution in [0, 0.1) is 0 Å². The molecule has 3 rings (SSSR count). The number of hydrogen-bond acceptors (Lipinski definition) is 5. The number of carbonyl (C=O) groups excluding carboxylic acids is 2. The minimum Gasteiger partial charge on any atom is -0.463 e. The minimum atomic E-state index is -0.232. The summed E-state index contributed by atoms with van der Waals surface area (Å²) >= 11 is 0. The number of unbranched alkanes of at least 4 members (excludes halogenated alkanes) is 4. The number of rotatable bonds is 15. The van der Waals surface area contributed by atoms with Gasteiger partial charge in [0.25, 0.3) is 0 Å². The van der Waals surface area contributed by atoms with Crippen molar-refractivity contribution < 1.29 is 19.1 Å². The van der Waals surface area contributed by atoms with Crippen molar-refractivity contribution in [3.05, 3.63) is 72.2 Å². The van der Waals surface area contributed by atoms with Crippen molar-refractivity contribution in [2.45, 2.75) is 51.5 Å². The average Bonchev–Trinajstić information content (AvgIpc) is 3.20. The first-order valence-electron chi connectivity index (χ1n) is 12.0. The SMILES string of the molecule is COCCOC(=O)Cc1cn(CCCCCCCC(=O)/C=C/c2cccnc2)c2ccccc12. The van der Waals surface area contributed by atoms with Gasteiger partial charge in [-0.2, -0.15) is 0 Å². The number of aryl methyl sites for hydroxylation is 1. The quantitative estimate of drug-likeness (QED) is 0.172. The molecule has 0 amide bonds. The number of fused-ring (bicyclic) bond motifs is 1. The molecule has 0 radical (unpaired) electrons. The van der Waals surface area contributed by atoms with Gasteiger partial charge in [-0.05, 0) is 48.3 Å². The molecule has 2 aromatic heterocycles. The molecule has 0 saturated carbocycles. The Morgan fingerprint density at radius 3 is 2.65 bits per heavy atom. The number of nitrogens with zero attached hydrogens (tertiary/aromatic N) is 2. The maximum atomic E-state index is 12.1. The summed E-state index contributed by atoms with van der Waals surface area (Å²) in [7, 11) is 1.59. The normalized spacial score (nSPS) is 11.3. The summed E-state index contributed by atoms with van der Waals surface area (Å²) < 4.78 is 12.4. The summed E-state index contributed by atoms with van der Waals surface area (Å²) in [6.45, 7) is 1.59. The summed E-state index contributed by atoms with van der Waals surface area (Å²) in [4.78, 5) is 28.2. The maximum absolute atomic E-state index is 12.1. The summed E-state index contributed by atoms with van der Waals surface area (Å²) in [5.41, 5.74) is 3.09. The van der Waals surface area contributed by atoms with E-state index in [2.05, 4.69) is 27.9 Å². The van der Waals surface area contributed by atoms with Crippen molar-refractivity contribution in [2.24, 2.45) is 0 Å². The van der Waals surface area contributed by atoms with Gasteiger partial charge in [-0.25, -0.2) is 0 Å².